The Hall–Kier alpha value is -2.17. The van der Waals surface area contributed by atoms with Crippen LogP contribution in [0.5, 0.6) is 0 Å². The van der Waals surface area contributed by atoms with Crippen molar-refractivity contribution in [2.75, 3.05) is 10.6 Å². The fraction of sp³-hybridized carbons (Fsp3) is 0.182. The Balaban J connectivity index is 2.78. The highest BCUT2D eigenvalue weighted by Crippen LogP contribution is 2.14. The molecule has 0 radical (unpaired) electrons. The minimum absolute atomic E-state index is 0.199. The van der Waals surface area contributed by atoms with Crippen LogP contribution >= 0.6 is 0 Å². The van der Waals surface area contributed by atoms with E-state index in [0.717, 1.165) is 0 Å². The maximum atomic E-state index is 11.1. The van der Waals surface area contributed by atoms with Gasteiger partial charge in [-0.1, -0.05) is 6.07 Å². The van der Waals surface area contributed by atoms with Crippen molar-refractivity contribution in [3.8, 4) is 0 Å². The topological polar surface area (TPSA) is 75.3 Å². The Kier molecular flexibility index (Phi) is 3.77. The zero-order chi connectivity index (χ0) is 12.1. The van der Waals surface area contributed by atoms with Gasteiger partial charge in [0, 0.05) is 25.2 Å². The van der Waals surface area contributed by atoms with Gasteiger partial charge in [-0.3, -0.25) is 14.4 Å². The maximum absolute atomic E-state index is 11.1. The van der Waals surface area contributed by atoms with Crippen LogP contribution in [0.25, 0.3) is 0 Å². The number of nitrogens with one attached hydrogen (secondary N) is 2. The lowest BCUT2D eigenvalue weighted by molar-refractivity contribution is -0.133. The molecular formula is C11H12N2O3. The molecule has 0 saturated heterocycles. The Labute approximate surface area is 92.8 Å². The van der Waals surface area contributed by atoms with Crippen LogP contribution < -0.4 is 10.6 Å². The molecule has 1 rings (SSSR count). The van der Waals surface area contributed by atoms with E-state index in [-0.39, 0.29) is 5.91 Å². The van der Waals surface area contributed by atoms with Crippen LogP contribution in [0.2, 0.25) is 0 Å². The average molecular weight is 220 g/mol. The normalized spacial score (nSPS) is 9.38. The number of hydrogen-bond acceptors (Lipinski definition) is 3. The molecule has 16 heavy (non-hydrogen) atoms. The number of rotatable bonds is 3. The lowest BCUT2D eigenvalue weighted by atomic mass is 10.2. The molecule has 0 saturated carbocycles. The number of ketones is 1. The van der Waals surface area contributed by atoms with Gasteiger partial charge in [0.2, 0.25) is 11.7 Å². The molecule has 0 aliphatic rings. The minimum Gasteiger partial charge on any atom is -0.326 e. The first kappa shape index (κ1) is 11.9. The smallest absolute Gasteiger partial charge is 0.291 e. The summed E-state index contributed by atoms with van der Waals surface area (Å²) in [6, 6.07) is 6.56. The molecule has 1 aromatic rings. The molecule has 2 amide bonds. The number of amides is 2. The number of Topliss-reactive ketones (excluding diaryl/α,β-unsaturated/α-hetero) is 1. The third-order valence-electron chi connectivity index (χ3n) is 1.76. The molecule has 0 fully saturated rings. The number of carbonyl (C=O) groups is 3. The van der Waals surface area contributed by atoms with Crippen LogP contribution in [-0.2, 0) is 14.4 Å². The van der Waals surface area contributed by atoms with E-state index in [0.29, 0.717) is 11.4 Å². The zero-order valence-electron chi connectivity index (χ0n) is 9.03. The molecule has 5 nitrogen and oxygen atoms in total. The van der Waals surface area contributed by atoms with Gasteiger partial charge in [-0.05, 0) is 18.2 Å². The summed E-state index contributed by atoms with van der Waals surface area (Å²) in [6.07, 6.45) is 0. The first-order valence-electron chi connectivity index (χ1n) is 4.68. The van der Waals surface area contributed by atoms with Gasteiger partial charge in [-0.15, -0.1) is 0 Å². The summed E-state index contributed by atoms with van der Waals surface area (Å²) < 4.78 is 0. The van der Waals surface area contributed by atoms with Crippen molar-refractivity contribution in [2.24, 2.45) is 0 Å². The van der Waals surface area contributed by atoms with Gasteiger partial charge in [-0.2, -0.15) is 0 Å². The molecule has 84 valence electrons. The molecule has 0 atom stereocenters. The summed E-state index contributed by atoms with van der Waals surface area (Å²) >= 11 is 0. The maximum Gasteiger partial charge on any atom is 0.291 e. The first-order valence-corrected chi connectivity index (χ1v) is 4.68. The van der Waals surface area contributed by atoms with Crippen molar-refractivity contribution < 1.29 is 14.4 Å². The number of hydrogen-bond donors (Lipinski definition) is 2. The van der Waals surface area contributed by atoms with E-state index in [1.807, 2.05) is 0 Å². The first-order chi connectivity index (χ1) is 7.49. The lowest BCUT2D eigenvalue weighted by Crippen LogP contribution is -2.19. The van der Waals surface area contributed by atoms with E-state index < -0.39 is 11.7 Å². The van der Waals surface area contributed by atoms with Crippen molar-refractivity contribution in [1.82, 2.24) is 0 Å². The van der Waals surface area contributed by atoms with E-state index in [4.69, 9.17) is 0 Å². The van der Waals surface area contributed by atoms with Crippen LogP contribution in [0.4, 0.5) is 11.4 Å². The fourth-order valence-corrected chi connectivity index (χ4v) is 1.10. The summed E-state index contributed by atoms with van der Waals surface area (Å²) in [4.78, 5) is 32.6. The summed E-state index contributed by atoms with van der Waals surface area (Å²) in [5.74, 6) is -1.44. The van der Waals surface area contributed by atoms with E-state index in [9.17, 15) is 14.4 Å². The summed E-state index contributed by atoms with van der Waals surface area (Å²) in [7, 11) is 0. The highest BCUT2D eigenvalue weighted by Gasteiger charge is 2.07. The molecule has 0 unspecified atom stereocenters. The van der Waals surface area contributed by atoms with Crippen LogP contribution in [-0.4, -0.2) is 17.6 Å². The lowest BCUT2D eigenvalue weighted by Gasteiger charge is -2.06. The van der Waals surface area contributed by atoms with Crippen molar-refractivity contribution in [3.05, 3.63) is 24.3 Å². The molecule has 5 heteroatoms. The molecule has 0 spiro atoms. The van der Waals surface area contributed by atoms with Gasteiger partial charge in [0.1, 0.15) is 0 Å². The molecule has 0 aliphatic carbocycles. The van der Waals surface area contributed by atoms with Crippen LogP contribution in [0.3, 0.4) is 0 Å². The summed E-state index contributed by atoms with van der Waals surface area (Å²) in [6.45, 7) is 2.58. The molecule has 0 heterocycles. The van der Waals surface area contributed by atoms with E-state index in [1.165, 1.54) is 13.8 Å². The van der Waals surface area contributed by atoms with E-state index in [2.05, 4.69) is 10.6 Å². The van der Waals surface area contributed by atoms with Crippen molar-refractivity contribution in [3.63, 3.8) is 0 Å². The third-order valence-corrected chi connectivity index (χ3v) is 1.76. The average Bonchev–Trinajstić information content (AvgIpc) is 2.16. The molecule has 0 bridgehead atoms. The van der Waals surface area contributed by atoms with E-state index in [1.54, 1.807) is 24.3 Å². The highest BCUT2D eigenvalue weighted by atomic mass is 16.2. The van der Waals surface area contributed by atoms with Crippen LogP contribution in [0.1, 0.15) is 13.8 Å². The second-order valence-corrected chi connectivity index (χ2v) is 3.27. The summed E-state index contributed by atoms with van der Waals surface area (Å²) in [5.41, 5.74) is 1.03. The number of carbonyl (C=O) groups excluding carboxylic acids is 3. The predicted molar refractivity (Wildman–Crippen MR) is 60.1 cm³/mol. The Morgan fingerprint density at radius 1 is 1.00 bits per heavy atom. The van der Waals surface area contributed by atoms with Gasteiger partial charge in [0.05, 0.1) is 0 Å². The molecule has 1 aromatic carbocycles. The third kappa shape index (κ3) is 3.53. The second-order valence-electron chi connectivity index (χ2n) is 3.27. The van der Waals surface area contributed by atoms with Gasteiger partial charge in [-0.25, -0.2) is 0 Å². The van der Waals surface area contributed by atoms with Crippen LogP contribution in [0, 0.1) is 0 Å². The Morgan fingerprint density at radius 3 is 2.06 bits per heavy atom. The van der Waals surface area contributed by atoms with E-state index >= 15 is 0 Å². The van der Waals surface area contributed by atoms with Crippen molar-refractivity contribution in [2.45, 2.75) is 13.8 Å². The predicted octanol–water partition coefficient (Wildman–Crippen LogP) is 1.17. The molecule has 0 aromatic heterocycles. The van der Waals surface area contributed by atoms with Gasteiger partial charge in [0.15, 0.2) is 0 Å². The molecular weight excluding hydrogens is 208 g/mol. The molecule has 2 N–H and O–H groups in total. The summed E-state index contributed by atoms with van der Waals surface area (Å²) in [5, 5.41) is 4.99. The van der Waals surface area contributed by atoms with Crippen molar-refractivity contribution in [1.29, 1.82) is 0 Å². The van der Waals surface area contributed by atoms with Gasteiger partial charge >= 0.3 is 0 Å². The highest BCUT2D eigenvalue weighted by molar-refractivity contribution is 6.39. The molecule has 0 aliphatic heterocycles. The quantitative estimate of drug-likeness (QED) is 0.751. The zero-order valence-corrected chi connectivity index (χ0v) is 9.03. The Bertz CT molecular complexity index is 441. The van der Waals surface area contributed by atoms with Gasteiger partial charge < -0.3 is 10.6 Å². The second kappa shape index (κ2) is 5.06. The monoisotopic (exact) mass is 220 g/mol. The minimum atomic E-state index is -0.681. The fourth-order valence-electron chi connectivity index (χ4n) is 1.10. The SMILES string of the molecule is CC(=O)Nc1cccc(NC(=O)C(C)=O)c1. The van der Waals surface area contributed by atoms with Gasteiger partial charge in [0.25, 0.3) is 5.91 Å². The standard InChI is InChI=1S/C11H12N2O3/c1-7(14)11(16)13-10-5-3-4-9(6-10)12-8(2)15/h3-6H,1-2H3,(H,12,15)(H,13,16). The van der Waals surface area contributed by atoms with Crippen molar-refractivity contribution >= 4 is 29.0 Å². The Morgan fingerprint density at radius 2 is 1.56 bits per heavy atom. The number of benzene rings is 1. The number of anilines is 2. The van der Waals surface area contributed by atoms with Crippen LogP contribution in [0.15, 0.2) is 24.3 Å². The largest absolute Gasteiger partial charge is 0.326 e.